The second-order valence-corrected chi connectivity index (χ2v) is 8.63. The number of ether oxygens (including phenoxy) is 1. The summed E-state index contributed by atoms with van der Waals surface area (Å²) in [5.41, 5.74) is 4.12. The van der Waals surface area contributed by atoms with Crippen molar-refractivity contribution < 1.29 is 14.3 Å². The van der Waals surface area contributed by atoms with Crippen LogP contribution >= 0.6 is 12.2 Å². The molecule has 33 heavy (non-hydrogen) atoms. The van der Waals surface area contributed by atoms with Crippen LogP contribution in [-0.2, 0) is 16.1 Å². The van der Waals surface area contributed by atoms with Crippen LogP contribution in [0.2, 0.25) is 0 Å². The molecule has 3 aromatic carbocycles. The Labute approximate surface area is 196 Å². The molecule has 4 aromatic rings. The number of amides is 1. The third kappa shape index (κ3) is 3.72. The fraction of sp³-hybridized carbons (Fsp3) is 0.148. The Morgan fingerprint density at radius 2 is 1.85 bits per heavy atom. The lowest BCUT2D eigenvalue weighted by molar-refractivity contribution is -0.122. The number of hydrogen-bond acceptors (Lipinski definition) is 4. The minimum absolute atomic E-state index is 0.0456. The number of nitrogens with one attached hydrogen (secondary N) is 1. The SMILES string of the molecule is COc1ccc2c(c1)c(/C=C1/C(=O)CC(=S)NC1=O)c(C)n2Cc1cccc2ccccc12. The van der Waals surface area contributed by atoms with Crippen molar-refractivity contribution in [2.45, 2.75) is 19.9 Å². The van der Waals surface area contributed by atoms with Crippen molar-refractivity contribution in [3.8, 4) is 5.75 Å². The summed E-state index contributed by atoms with van der Waals surface area (Å²) in [7, 11) is 1.62. The Balaban J connectivity index is 1.70. The Morgan fingerprint density at radius 1 is 1.06 bits per heavy atom. The van der Waals surface area contributed by atoms with Crippen LogP contribution in [0.5, 0.6) is 5.75 Å². The van der Waals surface area contributed by atoms with Gasteiger partial charge in [-0.3, -0.25) is 9.59 Å². The van der Waals surface area contributed by atoms with Gasteiger partial charge in [0.2, 0.25) is 0 Å². The van der Waals surface area contributed by atoms with Gasteiger partial charge in [-0.05, 0) is 47.5 Å². The zero-order valence-corrected chi connectivity index (χ0v) is 19.2. The molecule has 5 nitrogen and oxygen atoms in total. The molecule has 1 fully saturated rings. The first-order valence-corrected chi connectivity index (χ1v) is 11.1. The number of carbonyl (C=O) groups is 2. The number of ketones is 1. The van der Waals surface area contributed by atoms with Gasteiger partial charge in [0.05, 0.1) is 24.1 Å². The van der Waals surface area contributed by atoms with Crippen LogP contribution in [0.15, 0.2) is 66.2 Å². The van der Waals surface area contributed by atoms with Gasteiger partial charge in [-0.15, -0.1) is 0 Å². The van der Waals surface area contributed by atoms with Crippen molar-refractivity contribution in [2.75, 3.05) is 7.11 Å². The van der Waals surface area contributed by atoms with Gasteiger partial charge in [-0.2, -0.15) is 0 Å². The number of Topliss-reactive ketones (excluding diaryl/α,β-unsaturated/α-hetero) is 1. The average molecular weight is 455 g/mol. The van der Waals surface area contributed by atoms with E-state index in [0.29, 0.717) is 12.3 Å². The molecule has 1 aromatic heterocycles. The fourth-order valence-corrected chi connectivity index (χ4v) is 4.72. The predicted molar refractivity (Wildman–Crippen MR) is 135 cm³/mol. The highest BCUT2D eigenvalue weighted by molar-refractivity contribution is 7.80. The summed E-state index contributed by atoms with van der Waals surface area (Å²) in [6.07, 6.45) is 1.74. The molecule has 0 bridgehead atoms. The van der Waals surface area contributed by atoms with E-state index in [-0.39, 0.29) is 22.8 Å². The monoisotopic (exact) mass is 454 g/mol. The fourth-order valence-electron chi connectivity index (χ4n) is 4.50. The number of methoxy groups -OCH3 is 1. The molecule has 6 heteroatoms. The summed E-state index contributed by atoms with van der Waals surface area (Å²) in [5, 5.41) is 5.92. The van der Waals surface area contributed by atoms with E-state index in [4.69, 9.17) is 17.0 Å². The Bertz CT molecular complexity index is 1470. The van der Waals surface area contributed by atoms with Crippen molar-refractivity contribution in [3.05, 3.63) is 83.1 Å². The molecule has 0 unspecified atom stereocenters. The van der Waals surface area contributed by atoms with Gasteiger partial charge in [-0.1, -0.05) is 54.7 Å². The van der Waals surface area contributed by atoms with E-state index in [1.807, 2.05) is 37.3 Å². The number of aromatic nitrogens is 1. The van der Waals surface area contributed by atoms with Crippen LogP contribution in [0, 0.1) is 6.92 Å². The topological polar surface area (TPSA) is 60.3 Å². The van der Waals surface area contributed by atoms with Crippen LogP contribution < -0.4 is 10.1 Å². The number of fused-ring (bicyclic) bond motifs is 2. The molecule has 1 saturated heterocycles. The molecule has 164 valence electrons. The summed E-state index contributed by atoms with van der Waals surface area (Å²) in [5.74, 6) is -0.000407. The zero-order chi connectivity index (χ0) is 23.1. The van der Waals surface area contributed by atoms with Gasteiger partial charge >= 0.3 is 0 Å². The van der Waals surface area contributed by atoms with Crippen LogP contribution in [0.4, 0.5) is 0 Å². The number of thiocarbonyl (C=S) groups is 1. The van der Waals surface area contributed by atoms with Crippen LogP contribution in [-0.4, -0.2) is 28.4 Å². The van der Waals surface area contributed by atoms with Gasteiger partial charge in [0.1, 0.15) is 5.75 Å². The third-order valence-electron chi connectivity index (χ3n) is 6.20. The number of piperidine rings is 1. The molecule has 0 radical (unpaired) electrons. The molecule has 0 atom stereocenters. The molecule has 1 N–H and O–H groups in total. The third-order valence-corrected chi connectivity index (χ3v) is 6.44. The van der Waals surface area contributed by atoms with E-state index in [9.17, 15) is 9.59 Å². The van der Waals surface area contributed by atoms with E-state index in [1.54, 1.807) is 13.2 Å². The number of hydrogen-bond donors (Lipinski definition) is 1. The maximum absolute atomic E-state index is 12.6. The first kappa shape index (κ1) is 21.1. The summed E-state index contributed by atoms with van der Waals surface area (Å²) in [6, 6.07) is 20.5. The van der Waals surface area contributed by atoms with Crippen molar-refractivity contribution in [1.82, 2.24) is 9.88 Å². The molecular formula is C27H22N2O3S. The van der Waals surface area contributed by atoms with Crippen LogP contribution in [0.3, 0.4) is 0 Å². The molecule has 0 aliphatic carbocycles. The lowest BCUT2D eigenvalue weighted by Gasteiger charge is -2.15. The first-order chi connectivity index (χ1) is 16.0. The van der Waals surface area contributed by atoms with E-state index >= 15 is 0 Å². The Hall–Kier alpha value is -3.77. The molecule has 0 spiro atoms. The number of benzene rings is 3. The standard InChI is InChI=1S/C27H22N2O3S/c1-16-21(13-23-25(30)14-26(33)28-27(23)31)22-12-19(32-2)10-11-24(22)29(16)15-18-8-5-7-17-6-3-4-9-20(17)18/h3-13H,14-15H2,1-2H3,(H,28,31,33)/b23-13-. The average Bonchev–Trinajstić information content (AvgIpc) is 3.06. The highest BCUT2D eigenvalue weighted by atomic mass is 32.1. The smallest absolute Gasteiger partial charge is 0.259 e. The molecular weight excluding hydrogens is 432 g/mol. The quantitative estimate of drug-likeness (QED) is 0.269. The summed E-state index contributed by atoms with van der Waals surface area (Å²) >= 11 is 5.03. The number of nitrogens with zero attached hydrogens (tertiary/aromatic N) is 1. The molecule has 1 aliphatic rings. The second kappa shape index (κ2) is 8.30. The second-order valence-electron chi connectivity index (χ2n) is 8.14. The molecule has 5 rings (SSSR count). The van der Waals surface area contributed by atoms with E-state index in [1.165, 1.54) is 16.3 Å². The lowest BCUT2D eigenvalue weighted by atomic mass is 9.99. The first-order valence-electron chi connectivity index (χ1n) is 10.7. The maximum Gasteiger partial charge on any atom is 0.259 e. The molecule has 1 aliphatic heterocycles. The van der Waals surface area contributed by atoms with E-state index in [2.05, 4.69) is 40.2 Å². The normalized spacial score (nSPS) is 15.5. The highest BCUT2D eigenvalue weighted by Gasteiger charge is 2.27. The minimum Gasteiger partial charge on any atom is -0.497 e. The van der Waals surface area contributed by atoms with Crippen molar-refractivity contribution >= 4 is 56.6 Å². The number of rotatable bonds is 4. The molecule has 1 amide bonds. The molecule has 0 saturated carbocycles. The minimum atomic E-state index is -0.450. The van der Waals surface area contributed by atoms with Gasteiger partial charge in [-0.25, -0.2) is 0 Å². The lowest BCUT2D eigenvalue weighted by Crippen LogP contribution is -2.39. The van der Waals surface area contributed by atoms with E-state index < -0.39 is 5.91 Å². The largest absolute Gasteiger partial charge is 0.497 e. The van der Waals surface area contributed by atoms with Crippen LogP contribution in [0.25, 0.3) is 27.8 Å². The summed E-state index contributed by atoms with van der Waals surface area (Å²) in [4.78, 5) is 25.4. The highest BCUT2D eigenvalue weighted by Crippen LogP contribution is 2.33. The Morgan fingerprint density at radius 3 is 2.64 bits per heavy atom. The molecule has 2 heterocycles. The summed E-state index contributed by atoms with van der Waals surface area (Å²) in [6.45, 7) is 2.67. The van der Waals surface area contributed by atoms with Crippen molar-refractivity contribution in [1.29, 1.82) is 0 Å². The van der Waals surface area contributed by atoms with Crippen molar-refractivity contribution in [2.24, 2.45) is 0 Å². The van der Waals surface area contributed by atoms with Crippen LogP contribution in [0.1, 0.15) is 23.2 Å². The van der Waals surface area contributed by atoms with Gasteiger partial charge < -0.3 is 14.6 Å². The van der Waals surface area contributed by atoms with Gasteiger partial charge in [0, 0.05) is 28.7 Å². The van der Waals surface area contributed by atoms with Gasteiger partial charge in [0.15, 0.2) is 5.78 Å². The predicted octanol–water partition coefficient (Wildman–Crippen LogP) is 4.96. The van der Waals surface area contributed by atoms with Crippen molar-refractivity contribution in [3.63, 3.8) is 0 Å². The van der Waals surface area contributed by atoms with E-state index in [0.717, 1.165) is 22.2 Å². The zero-order valence-electron chi connectivity index (χ0n) is 18.3. The summed E-state index contributed by atoms with van der Waals surface area (Å²) < 4.78 is 7.68. The van der Waals surface area contributed by atoms with Gasteiger partial charge in [0.25, 0.3) is 5.91 Å². The number of carbonyl (C=O) groups excluding carboxylic acids is 2. The maximum atomic E-state index is 12.6. The Kier molecular flexibility index (Phi) is 5.30.